The van der Waals surface area contributed by atoms with Gasteiger partial charge in [0, 0.05) is 17.1 Å². The van der Waals surface area contributed by atoms with Crippen LogP contribution in [0.1, 0.15) is 33.1 Å². The van der Waals surface area contributed by atoms with Crippen LogP contribution in [0.25, 0.3) is 21.9 Å². The van der Waals surface area contributed by atoms with Crippen molar-refractivity contribution in [2.24, 2.45) is 11.3 Å². The molecule has 38 heavy (non-hydrogen) atoms. The Bertz CT molecular complexity index is 1780. The van der Waals surface area contributed by atoms with Crippen LogP contribution >= 0.6 is 0 Å². The van der Waals surface area contributed by atoms with Crippen LogP contribution < -0.4 is 15.6 Å². The third-order valence-electron chi connectivity index (χ3n) is 8.42. The number of allylic oxidation sites excluding steroid dienone is 6. The fourth-order valence-electron chi connectivity index (χ4n) is 6.27. The largest absolute Gasteiger partial charge is 0.456 e. The SMILES string of the molecule is CC1(C)C2=C(C=CCC2)Nc2ccccc2N(c2ccc3oc4ccccc4c(=O)c3c2)C2=CC1CC=C2. The highest BCUT2D eigenvalue weighted by atomic mass is 16.3. The summed E-state index contributed by atoms with van der Waals surface area (Å²) in [5, 5.41) is 4.99. The number of hydrogen-bond acceptors (Lipinski definition) is 4. The van der Waals surface area contributed by atoms with Crippen molar-refractivity contribution < 1.29 is 4.42 Å². The number of rotatable bonds is 1. The normalized spacial score (nSPS) is 20.1. The molecule has 4 nitrogen and oxygen atoms in total. The second kappa shape index (κ2) is 8.63. The van der Waals surface area contributed by atoms with Crippen LogP contribution in [0.15, 0.2) is 123 Å². The number of para-hydroxylation sites is 3. The van der Waals surface area contributed by atoms with Crippen LogP contribution in [0, 0.1) is 11.3 Å². The second-order valence-corrected chi connectivity index (χ2v) is 11.0. The smallest absolute Gasteiger partial charge is 0.200 e. The summed E-state index contributed by atoms with van der Waals surface area (Å²) >= 11 is 0. The molecule has 1 atom stereocenters. The predicted molar refractivity (Wildman–Crippen MR) is 157 cm³/mol. The van der Waals surface area contributed by atoms with E-state index in [1.807, 2.05) is 36.4 Å². The van der Waals surface area contributed by atoms with Crippen molar-refractivity contribution in [1.29, 1.82) is 0 Å². The van der Waals surface area contributed by atoms with Crippen molar-refractivity contribution in [3.63, 3.8) is 0 Å². The Labute approximate surface area is 222 Å². The standard InChI is InChI=1S/C34H30N2O2/c1-34(2)22-10-9-11-23(20-22)36(30-16-7-6-15-29(30)35-28-14-5-4-13-27(28)34)24-18-19-32-26(21-24)33(37)25-12-3-8-17-31(25)38-32/h3,5-9,11-12,14-22,35H,4,10,13H2,1-2H3. The molecule has 7 rings (SSSR count). The van der Waals surface area contributed by atoms with Gasteiger partial charge in [-0.1, -0.05) is 56.3 Å². The van der Waals surface area contributed by atoms with Gasteiger partial charge in [-0.3, -0.25) is 4.79 Å². The first-order valence-electron chi connectivity index (χ1n) is 13.4. The highest BCUT2D eigenvalue weighted by molar-refractivity contribution is 5.93. The van der Waals surface area contributed by atoms with Crippen LogP contribution in [0.3, 0.4) is 0 Å². The van der Waals surface area contributed by atoms with Gasteiger partial charge in [-0.15, -0.1) is 0 Å². The molecule has 1 aliphatic heterocycles. The molecular weight excluding hydrogens is 468 g/mol. The maximum atomic E-state index is 13.5. The lowest BCUT2D eigenvalue weighted by atomic mass is 9.67. The Hall–Kier alpha value is -4.31. The quantitative estimate of drug-likeness (QED) is 0.267. The van der Waals surface area contributed by atoms with E-state index in [1.165, 1.54) is 11.3 Å². The minimum absolute atomic E-state index is 0.00880. The predicted octanol–water partition coefficient (Wildman–Crippen LogP) is 8.60. The molecule has 2 bridgehead atoms. The van der Waals surface area contributed by atoms with E-state index in [1.54, 1.807) is 0 Å². The van der Waals surface area contributed by atoms with Crippen molar-refractivity contribution in [2.45, 2.75) is 33.1 Å². The van der Waals surface area contributed by atoms with Gasteiger partial charge >= 0.3 is 0 Å². The van der Waals surface area contributed by atoms with Crippen molar-refractivity contribution >= 4 is 39.0 Å². The summed E-state index contributed by atoms with van der Waals surface area (Å²) in [5.41, 5.74) is 7.99. The van der Waals surface area contributed by atoms with Crippen LogP contribution in [0.2, 0.25) is 0 Å². The molecule has 0 amide bonds. The first-order valence-corrected chi connectivity index (χ1v) is 13.4. The van der Waals surface area contributed by atoms with E-state index in [2.05, 4.69) is 84.8 Å². The Morgan fingerprint density at radius 3 is 2.66 bits per heavy atom. The average molecular weight is 499 g/mol. The maximum Gasteiger partial charge on any atom is 0.200 e. The lowest BCUT2D eigenvalue weighted by Crippen LogP contribution is -2.31. The summed E-state index contributed by atoms with van der Waals surface area (Å²) in [6.45, 7) is 4.76. The summed E-state index contributed by atoms with van der Waals surface area (Å²) < 4.78 is 6.11. The topological polar surface area (TPSA) is 45.5 Å². The van der Waals surface area contributed by atoms with E-state index in [-0.39, 0.29) is 10.8 Å². The second-order valence-electron chi connectivity index (χ2n) is 11.0. The molecule has 3 aromatic carbocycles. The summed E-state index contributed by atoms with van der Waals surface area (Å²) in [6.07, 6.45) is 14.6. The summed E-state index contributed by atoms with van der Waals surface area (Å²) in [6, 6.07) is 21.8. The molecule has 188 valence electrons. The lowest BCUT2D eigenvalue weighted by Gasteiger charge is -2.41. The van der Waals surface area contributed by atoms with Gasteiger partial charge in [-0.2, -0.15) is 0 Å². The first-order chi connectivity index (χ1) is 18.5. The van der Waals surface area contributed by atoms with Crippen molar-refractivity contribution in [3.05, 3.63) is 124 Å². The minimum atomic E-state index is -0.00950. The molecule has 1 aromatic heterocycles. The molecule has 0 spiro atoms. The number of fused-ring (bicyclic) bond motifs is 4. The molecule has 4 aromatic rings. The summed E-state index contributed by atoms with van der Waals surface area (Å²) in [4.78, 5) is 15.8. The highest BCUT2D eigenvalue weighted by Gasteiger charge is 2.36. The molecule has 2 heterocycles. The fourth-order valence-corrected chi connectivity index (χ4v) is 6.27. The lowest BCUT2D eigenvalue weighted by molar-refractivity contribution is 0.306. The number of nitrogens with one attached hydrogen (secondary N) is 1. The van der Waals surface area contributed by atoms with E-state index in [4.69, 9.17) is 4.42 Å². The van der Waals surface area contributed by atoms with Crippen molar-refractivity contribution in [3.8, 4) is 0 Å². The van der Waals surface area contributed by atoms with E-state index in [0.717, 1.165) is 42.0 Å². The van der Waals surface area contributed by atoms with Gasteiger partial charge in [0.25, 0.3) is 0 Å². The van der Waals surface area contributed by atoms with Crippen molar-refractivity contribution in [1.82, 2.24) is 0 Å². The Kier molecular flexibility index (Phi) is 5.19. The van der Waals surface area contributed by atoms with Crippen LogP contribution in [0.4, 0.5) is 17.1 Å². The third kappa shape index (κ3) is 3.55. The van der Waals surface area contributed by atoms with Gasteiger partial charge in [0.15, 0.2) is 0 Å². The molecule has 1 unspecified atom stereocenters. The van der Waals surface area contributed by atoms with Crippen LogP contribution in [0.5, 0.6) is 0 Å². The summed E-state index contributed by atoms with van der Waals surface area (Å²) in [5.74, 6) is 0.350. The Balaban J connectivity index is 1.48. The highest BCUT2D eigenvalue weighted by Crippen LogP contribution is 2.48. The van der Waals surface area contributed by atoms with Gasteiger partial charge in [0.2, 0.25) is 5.43 Å². The molecule has 1 N–H and O–H groups in total. The first kappa shape index (κ1) is 22.9. The molecule has 0 saturated heterocycles. The molecule has 4 heteroatoms. The average Bonchev–Trinajstić information content (AvgIpc) is 2.94. The summed E-state index contributed by atoms with van der Waals surface area (Å²) in [7, 11) is 0. The fraction of sp³-hybridized carbons (Fsp3) is 0.206. The number of hydrogen-bond donors (Lipinski definition) is 1. The number of nitrogens with zero attached hydrogens (tertiary/aromatic N) is 1. The van der Waals surface area contributed by atoms with Gasteiger partial charge < -0.3 is 14.6 Å². The molecule has 2 aliphatic carbocycles. The number of anilines is 3. The van der Waals surface area contributed by atoms with E-state index >= 15 is 0 Å². The molecule has 3 aliphatic rings. The maximum absolute atomic E-state index is 13.5. The third-order valence-corrected chi connectivity index (χ3v) is 8.42. The molecule has 0 saturated carbocycles. The Morgan fingerprint density at radius 1 is 0.921 bits per heavy atom. The monoisotopic (exact) mass is 498 g/mol. The van der Waals surface area contributed by atoms with Gasteiger partial charge in [0.05, 0.1) is 22.1 Å². The Morgan fingerprint density at radius 2 is 1.74 bits per heavy atom. The zero-order valence-corrected chi connectivity index (χ0v) is 21.7. The van der Waals surface area contributed by atoms with Crippen molar-refractivity contribution in [2.75, 3.05) is 10.2 Å². The number of benzene rings is 3. The zero-order valence-electron chi connectivity index (χ0n) is 21.7. The molecular formula is C34H30N2O2. The zero-order chi connectivity index (χ0) is 25.9. The molecule has 0 radical (unpaired) electrons. The van der Waals surface area contributed by atoms with E-state index in [0.29, 0.717) is 27.9 Å². The van der Waals surface area contributed by atoms with Gasteiger partial charge in [-0.05, 0) is 90.8 Å². The minimum Gasteiger partial charge on any atom is -0.456 e. The van der Waals surface area contributed by atoms with Crippen LogP contribution in [-0.2, 0) is 0 Å². The van der Waals surface area contributed by atoms with Gasteiger partial charge in [0.1, 0.15) is 11.2 Å². The van der Waals surface area contributed by atoms with Crippen LogP contribution in [-0.4, -0.2) is 0 Å². The molecule has 0 fully saturated rings. The van der Waals surface area contributed by atoms with E-state index < -0.39 is 0 Å². The van der Waals surface area contributed by atoms with E-state index in [9.17, 15) is 4.79 Å². The van der Waals surface area contributed by atoms with Gasteiger partial charge in [-0.25, -0.2) is 0 Å².